The molecule has 2 atom stereocenters. The number of rotatable bonds is 5. The van der Waals surface area contributed by atoms with Crippen molar-refractivity contribution in [2.75, 3.05) is 12.3 Å². The molecule has 3 N–H and O–H groups in total. The first-order chi connectivity index (χ1) is 13.4. The number of amides is 2. The van der Waals surface area contributed by atoms with Crippen LogP contribution in [0.1, 0.15) is 39.5 Å². The van der Waals surface area contributed by atoms with E-state index in [1.807, 2.05) is 6.92 Å². The van der Waals surface area contributed by atoms with Gasteiger partial charge in [0.05, 0.1) is 6.33 Å². The Morgan fingerprint density at radius 1 is 1.21 bits per heavy atom. The first-order valence-corrected chi connectivity index (χ1v) is 9.94. The number of aromatic nitrogens is 4. The Morgan fingerprint density at radius 3 is 2.75 bits per heavy atom. The number of nitrogen functional groups attached to an aromatic ring is 1. The molecule has 0 radical (unpaired) electrons. The third kappa shape index (κ3) is 3.41. The van der Waals surface area contributed by atoms with Gasteiger partial charge in [-0.15, -0.1) is 0 Å². The average molecular weight is 385 g/mol. The quantitative estimate of drug-likeness (QED) is 0.791. The van der Waals surface area contributed by atoms with Crippen LogP contribution < -0.4 is 11.1 Å². The van der Waals surface area contributed by atoms with Gasteiger partial charge in [0.15, 0.2) is 11.5 Å². The van der Waals surface area contributed by atoms with Crippen molar-refractivity contribution < 1.29 is 9.59 Å². The van der Waals surface area contributed by atoms with E-state index in [2.05, 4.69) is 27.2 Å². The van der Waals surface area contributed by atoms with Crippen molar-refractivity contribution in [3.8, 4) is 0 Å². The zero-order chi connectivity index (χ0) is 19.8. The normalized spacial score (nSPS) is 27.0. The molecule has 2 aromatic rings. The van der Waals surface area contributed by atoms with Gasteiger partial charge in [-0.3, -0.25) is 9.59 Å². The molecule has 0 unspecified atom stereocenters. The lowest BCUT2D eigenvalue weighted by Gasteiger charge is -2.34. The highest BCUT2D eigenvalue weighted by atomic mass is 16.2. The summed E-state index contributed by atoms with van der Waals surface area (Å²) in [5, 5.41) is 3.06. The Bertz CT molecular complexity index is 890. The molecule has 4 rings (SSSR count). The van der Waals surface area contributed by atoms with Gasteiger partial charge in [-0.05, 0) is 44.4 Å². The lowest BCUT2D eigenvalue weighted by Crippen LogP contribution is -2.50. The molecule has 9 nitrogen and oxygen atoms in total. The third-order valence-corrected chi connectivity index (χ3v) is 6.03. The number of nitrogens with zero attached hydrogens (tertiary/aromatic N) is 5. The van der Waals surface area contributed by atoms with Gasteiger partial charge in [0, 0.05) is 12.6 Å². The lowest BCUT2D eigenvalue weighted by atomic mass is 9.76. The fourth-order valence-electron chi connectivity index (χ4n) is 4.50. The van der Waals surface area contributed by atoms with Crippen LogP contribution in [-0.2, 0) is 16.1 Å². The number of nitrogens with one attached hydrogen (secondary N) is 1. The van der Waals surface area contributed by atoms with Crippen LogP contribution in [0.5, 0.6) is 0 Å². The molecular weight excluding hydrogens is 358 g/mol. The van der Waals surface area contributed by atoms with Crippen molar-refractivity contribution in [2.24, 2.45) is 11.8 Å². The highest BCUT2D eigenvalue weighted by Crippen LogP contribution is 2.32. The van der Waals surface area contributed by atoms with Crippen molar-refractivity contribution in [3.05, 3.63) is 12.7 Å². The number of imidazole rings is 1. The summed E-state index contributed by atoms with van der Waals surface area (Å²) in [4.78, 5) is 39.8. The number of carbonyl (C=O) groups is 2. The Kier molecular flexibility index (Phi) is 4.91. The molecule has 0 aromatic carbocycles. The minimum Gasteiger partial charge on any atom is -0.382 e. The van der Waals surface area contributed by atoms with Gasteiger partial charge in [-0.1, -0.05) is 6.92 Å². The number of fused-ring (bicyclic) bond motifs is 1. The number of nitrogens with two attached hydrogens (primary N) is 1. The summed E-state index contributed by atoms with van der Waals surface area (Å²) in [5.74, 6) is 1.46. The highest BCUT2D eigenvalue weighted by Gasteiger charge is 2.39. The van der Waals surface area contributed by atoms with Crippen molar-refractivity contribution in [1.82, 2.24) is 29.7 Å². The highest BCUT2D eigenvalue weighted by molar-refractivity contribution is 5.89. The number of carbonyl (C=O) groups excluding carboxylic acids is 2. The molecule has 1 aliphatic carbocycles. The molecule has 2 fully saturated rings. The maximum Gasteiger partial charge on any atom is 0.243 e. The zero-order valence-corrected chi connectivity index (χ0v) is 16.3. The third-order valence-electron chi connectivity index (χ3n) is 6.03. The minimum atomic E-state index is -0.408. The van der Waals surface area contributed by atoms with Crippen LogP contribution in [-0.4, -0.2) is 54.9 Å². The monoisotopic (exact) mass is 385 g/mol. The average Bonchev–Trinajstić information content (AvgIpc) is 3.22. The van der Waals surface area contributed by atoms with Gasteiger partial charge >= 0.3 is 0 Å². The van der Waals surface area contributed by atoms with E-state index in [1.54, 1.807) is 15.8 Å². The maximum atomic E-state index is 13.0. The van der Waals surface area contributed by atoms with Crippen LogP contribution in [0.15, 0.2) is 12.7 Å². The molecule has 2 amide bonds. The zero-order valence-electron chi connectivity index (χ0n) is 16.3. The second kappa shape index (κ2) is 7.37. The van der Waals surface area contributed by atoms with Crippen LogP contribution in [0.4, 0.5) is 5.82 Å². The molecule has 150 valence electrons. The number of anilines is 1. The van der Waals surface area contributed by atoms with Crippen LogP contribution in [0, 0.1) is 11.8 Å². The Hall–Kier alpha value is -2.71. The summed E-state index contributed by atoms with van der Waals surface area (Å²) in [6, 6.07) is -0.379. The van der Waals surface area contributed by atoms with Crippen LogP contribution in [0.2, 0.25) is 0 Å². The second-order valence-electron chi connectivity index (χ2n) is 8.23. The first-order valence-electron chi connectivity index (χ1n) is 9.94. The molecule has 1 saturated carbocycles. The Morgan fingerprint density at radius 2 is 2.00 bits per heavy atom. The predicted molar refractivity (Wildman–Crippen MR) is 104 cm³/mol. The SMILES string of the molecule is CC1CC(CNC(=O)[C@@H]2CC[C@@H](C)N2C(=O)Cn2cnc3c(N)ncnc32)C1. The summed E-state index contributed by atoms with van der Waals surface area (Å²) in [6.45, 7) is 5.00. The van der Waals surface area contributed by atoms with E-state index >= 15 is 0 Å². The Balaban J connectivity index is 1.43. The number of hydrogen-bond donors (Lipinski definition) is 2. The van der Waals surface area contributed by atoms with E-state index in [1.165, 1.54) is 19.2 Å². The van der Waals surface area contributed by atoms with E-state index in [4.69, 9.17) is 5.73 Å². The topological polar surface area (TPSA) is 119 Å². The van der Waals surface area contributed by atoms with Gasteiger partial charge < -0.3 is 20.5 Å². The van der Waals surface area contributed by atoms with E-state index in [0.717, 1.165) is 12.3 Å². The molecule has 0 bridgehead atoms. The molecule has 2 aromatic heterocycles. The number of hydrogen-bond acceptors (Lipinski definition) is 6. The molecule has 28 heavy (non-hydrogen) atoms. The molecular formula is C19H27N7O2. The van der Waals surface area contributed by atoms with Crippen LogP contribution in [0.3, 0.4) is 0 Å². The van der Waals surface area contributed by atoms with Crippen molar-refractivity contribution >= 4 is 28.8 Å². The summed E-state index contributed by atoms with van der Waals surface area (Å²) in [5.41, 5.74) is 6.82. The van der Waals surface area contributed by atoms with E-state index in [0.29, 0.717) is 30.0 Å². The summed E-state index contributed by atoms with van der Waals surface area (Å²) < 4.78 is 1.66. The summed E-state index contributed by atoms with van der Waals surface area (Å²) >= 11 is 0. The fourth-order valence-corrected chi connectivity index (χ4v) is 4.50. The molecule has 3 heterocycles. The van der Waals surface area contributed by atoms with Crippen LogP contribution >= 0.6 is 0 Å². The van der Waals surface area contributed by atoms with Gasteiger partial charge in [-0.25, -0.2) is 15.0 Å². The second-order valence-corrected chi connectivity index (χ2v) is 8.23. The first kappa shape index (κ1) is 18.6. The van der Waals surface area contributed by atoms with Gasteiger partial charge in [0.25, 0.3) is 0 Å². The minimum absolute atomic E-state index is 0.0291. The number of likely N-dealkylation sites (tertiary alicyclic amines) is 1. The standard InChI is InChI=1S/C19H27N7O2/c1-11-5-13(6-11)7-21-19(28)14-4-3-12(2)26(14)15(27)8-25-10-24-16-17(20)22-9-23-18(16)25/h9-14H,3-8H2,1-2H3,(H,21,28)(H2,20,22,23)/t11?,12-,13?,14+/m1/s1. The smallest absolute Gasteiger partial charge is 0.243 e. The van der Waals surface area contributed by atoms with Crippen molar-refractivity contribution in [2.45, 2.75) is 58.2 Å². The largest absolute Gasteiger partial charge is 0.382 e. The van der Waals surface area contributed by atoms with Gasteiger partial charge in [0.2, 0.25) is 11.8 Å². The van der Waals surface area contributed by atoms with Crippen molar-refractivity contribution in [3.63, 3.8) is 0 Å². The molecule has 1 aliphatic heterocycles. The lowest BCUT2D eigenvalue weighted by molar-refractivity contribution is -0.140. The fraction of sp³-hybridized carbons (Fsp3) is 0.632. The molecule has 0 spiro atoms. The van der Waals surface area contributed by atoms with Crippen molar-refractivity contribution in [1.29, 1.82) is 0 Å². The van der Waals surface area contributed by atoms with E-state index in [9.17, 15) is 9.59 Å². The van der Waals surface area contributed by atoms with Gasteiger partial charge in [-0.2, -0.15) is 0 Å². The van der Waals surface area contributed by atoms with E-state index < -0.39 is 6.04 Å². The summed E-state index contributed by atoms with van der Waals surface area (Å²) in [6.07, 6.45) is 6.76. The molecule has 9 heteroatoms. The summed E-state index contributed by atoms with van der Waals surface area (Å²) in [7, 11) is 0. The molecule has 2 aliphatic rings. The Labute approximate surface area is 163 Å². The van der Waals surface area contributed by atoms with Gasteiger partial charge in [0.1, 0.15) is 24.4 Å². The predicted octanol–water partition coefficient (Wildman–Crippen LogP) is 0.950. The van der Waals surface area contributed by atoms with E-state index in [-0.39, 0.29) is 30.2 Å². The maximum absolute atomic E-state index is 13.0. The molecule has 1 saturated heterocycles. The van der Waals surface area contributed by atoms with Crippen LogP contribution in [0.25, 0.3) is 11.2 Å².